The van der Waals surface area contributed by atoms with E-state index in [4.69, 9.17) is 0 Å². The van der Waals surface area contributed by atoms with Gasteiger partial charge in [-0.25, -0.2) is 9.97 Å². The molecule has 3 aromatic rings. The van der Waals surface area contributed by atoms with Crippen LogP contribution in [0.2, 0.25) is 0 Å². The minimum atomic E-state index is 0.853. The molecule has 0 amide bonds. The molecule has 3 heterocycles. The number of pyridine rings is 1. The van der Waals surface area contributed by atoms with Crippen molar-refractivity contribution in [3.63, 3.8) is 0 Å². The fourth-order valence-corrected chi connectivity index (χ4v) is 3.15. The molecule has 0 saturated carbocycles. The maximum Gasteiger partial charge on any atom is 0.138 e. The van der Waals surface area contributed by atoms with Crippen molar-refractivity contribution < 1.29 is 0 Å². The standard InChI is InChI=1S/C16H18N4S/c1-3-14-19-15(13-10-11(2)21-16(13)20-14)18-9-6-12-4-7-17-8-5-12/h4-5,7-8,10H,3,6,9H2,1-2H3,(H,18,19,20). The van der Waals surface area contributed by atoms with Gasteiger partial charge in [-0.2, -0.15) is 0 Å². The van der Waals surface area contributed by atoms with Crippen molar-refractivity contribution in [3.05, 3.63) is 46.9 Å². The summed E-state index contributed by atoms with van der Waals surface area (Å²) in [6, 6.07) is 6.25. The molecular formula is C16H18N4S. The second-order valence-electron chi connectivity index (χ2n) is 4.95. The summed E-state index contributed by atoms with van der Waals surface area (Å²) in [6.45, 7) is 5.05. The number of fused-ring (bicyclic) bond motifs is 1. The predicted molar refractivity (Wildman–Crippen MR) is 88.0 cm³/mol. The topological polar surface area (TPSA) is 50.7 Å². The van der Waals surface area contributed by atoms with Crippen molar-refractivity contribution in [1.29, 1.82) is 0 Å². The lowest BCUT2D eigenvalue weighted by atomic mass is 10.2. The zero-order chi connectivity index (χ0) is 14.7. The molecule has 0 fully saturated rings. The maximum atomic E-state index is 4.64. The molecule has 0 saturated heterocycles. The number of aromatic nitrogens is 3. The highest BCUT2D eigenvalue weighted by Gasteiger charge is 2.09. The highest BCUT2D eigenvalue weighted by molar-refractivity contribution is 7.18. The van der Waals surface area contributed by atoms with E-state index in [1.165, 1.54) is 10.4 Å². The molecule has 0 spiro atoms. The van der Waals surface area contributed by atoms with Crippen molar-refractivity contribution in [2.45, 2.75) is 26.7 Å². The van der Waals surface area contributed by atoms with Gasteiger partial charge in [-0.1, -0.05) is 6.92 Å². The summed E-state index contributed by atoms with van der Waals surface area (Å²) in [5, 5.41) is 4.59. The molecule has 0 aliphatic carbocycles. The number of hydrogen-bond donors (Lipinski definition) is 1. The number of nitrogens with one attached hydrogen (secondary N) is 1. The largest absolute Gasteiger partial charge is 0.369 e. The maximum absolute atomic E-state index is 4.64. The first-order valence-electron chi connectivity index (χ1n) is 7.16. The van der Waals surface area contributed by atoms with Crippen LogP contribution in [0.5, 0.6) is 0 Å². The summed E-state index contributed by atoms with van der Waals surface area (Å²) >= 11 is 1.73. The Morgan fingerprint density at radius 1 is 1.19 bits per heavy atom. The molecule has 108 valence electrons. The SMILES string of the molecule is CCc1nc(NCCc2ccncc2)c2cc(C)sc2n1. The number of aryl methyl sites for hydroxylation is 2. The van der Waals surface area contributed by atoms with Crippen LogP contribution in [0, 0.1) is 6.92 Å². The molecule has 0 atom stereocenters. The molecule has 4 nitrogen and oxygen atoms in total. The van der Waals surface area contributed by atoms with Gasteiger partial charge in [0.1, 0.15) is 16.5 Å². The molecule has 0 unspecified atom stereocenters. The molecule has 0 bridgehead atoms. The molecule has 3 rings (SSSR count). The summed E-state index contributed by atoms with van der Waals surface area (Å²) < 4.78 is 0. The van der Waals surface area contributed by atoms with Crippen LogP contribution < -0.4 is 5.32 Å². The summed E-state index contributed by atoms with van der Waals surface area (Å²) in [4.78, 5) is 15.6. The number of rotatable bonds is 5. The highest BCUT2D eigenvalue weighted by Crippen LogP contribution is 2.28. The highest BCUT2D eigenvalue weighted by atomic mass is 32.1. The lowest BCUT2D eigenvalue weighted by Crippen LogP contribution is -2.08. The smallest absolute Gasteiger partial charge is 0.138 e. The van der Waals surface area contributed by atoms with Gasteiger partial charge >= 0.3 is 0 Å². The van der Waals surface area contributed by atoms with E-state index in [1.54, 1.807) is 11.3 Å². The minimum Gasteiger partial charge on any atom is -0.369 e. The van der Waals surface area contributed by atoms with Gasteiger partial charge in [0.15, 0.2) is 0 Å². The van der Waals surface area contributed by atoms with Gasteiger partial charge in [0, 0.05) is 30.2 Å². The number of anilines is 1. The van der Waals surface area contributed by atoms with E-state index in [0.717, 1.165) is 41.2 Å². The Morgan fingerprint density at radius 3 is 2.76 bits per heavy atom. The molecule has 21 heavy (non-hydrogen) atoms. The lowest BCUT2D eigenvalue weighted by Gasteiger charge is -2.08. The minimum absolute atomic E-state index is 0.853. The Hall–Kier alpha value is -2.01. The van der Waals surface area contributed by atoms with E-state index >= 15 is 0 Å². The third-order valence-corrected chi connectivity index (χ3v) is 4.28. The summed E-state index contributed by atoms with van der Waals surface area (Å²) in [6.07, 6.45) is 5.47. The van der Waals surface area contributed by atoms with Gasteiger partial charge in [0.25, 0.3) is 0 Å². The second kappa shape index (κ2) is 6.18. The van der Waals surface area contributed by atoms with Crippen LogP contribution in [-0.2, 0) is 12.8 Å². The third kappa shape index (κ3) is 3.19. The van der Waals surface area contributed by atoms with Crippen molar-refractivity contribution in [1.82, 2.24) is 15.0 Å². The first kappa shape index (κ1) is 13.9. The Labute approximate surface area is 128 Å². The number of hydrogen-bond acceptors (Lipinski definition) is 5. The normalized spacial score (nSPS) is 11.0. The van der Waals surface area contributed by atoms with Crippen molar-refractivity contribution in [2.75, 3.05) is 11.9 Å². The predicted octanol–water partition coefficient (Wildman–Crippen LogP) is 3.61. The van der Waals surface area contributed by atoms with E-state index in [9.17, 15) is 0 Å². The summed E-state index contributed by atoms with van der Waals surface area (Å²) in [5.74, 6) is 1.85. The first-order valence-corrected chi connectivity index (χ1v) is 7.97. The second-order valence-corrected chi connectivity index (χ2v) is 6.18. The van der Waals surface area contributed by atoms with Gasteiger partial charge in [-0.3, -0.25) is 4.98 Å². The zero-order valence-electron chi connectivity index (χ0n) is 12.3. The van der Waals surface area contributed by atoms with Gasteiger partial charge in [-0.15, -0.1) is 11.3 Å². The lowest BCUT2D eigenvalue weighted by molar-refractivity contribution is 0.945. The van der Waals surface area contributed by atoms with Crippen LogP contribution in [0.15, 0.2) is 30.6 Å². The van der Waals surface area contributed by atoms with Crippen LogP contribution in [0.4, 0.5) is 5.82 Å². The quantitative estimate of drug-likeness (QED) is 0.781. The van der Waals surface area contributed by atoms with Gasteiger partial charge in [0.2, 0.25) is 0 Å². The van der Waals surface area contributed by atoms with Crippen LogP contribution >= 0.6 is 11.3 Å². The Kier molecular flexibility index (Phi) is 4.10. The van der Waals surface area contributed by atoms with Gasteiger partial charge in [0.05, 0.1) is 5.39 Å². The fourth-order valence-electron chi connectivity index (χ4n) is 2.25. The van der Waals surface area contributed by atoms with Crippen LogP contribution in [-0.4, -0.2) is 21.5 Å². The van der Waals surface area contributed by atoms with Crippen molar-refractivity contribution in [3.8, 4) is 0 Å². The average Bonchev–Trinajstić information content (AvgIpc) is 2.88. The zero-order valence-corrected chi connectivity index (χ0v) is 13.1. The Balaban J connectivity index is 1.79. The van der Waals surface area contributed by atoms with E-state index < -0.39 is 0 Å². The average molecular weight is 298 g/mol. The molecule has 0 aliphatic rings. The van der Waals surface area contributed by atoms with E-state index in [-0.39, 0.29) is 0 Å². The monoisotopic (exact) mass is 298 g/mol. The van der Waals surface area contributed by atoms with Crippen LogP contribution in [0.1, 0.15) is 23.2 Å². The summed E-state index contributed by atoms with van der Waals surface area (Å²) in [5.41, 5.74) is 1.28. The van der Waals surface area contributed by atoms with E-state index in [1.807, 2.05) is 24.5 Å². The molecule has 0 radical (unpaired) electrons. The summed E-state index contributed by atoms with van der Waals surface area (Å²) in [7, 11) is 0. The molecule has 0 aromatic carbocycles. The molecule has 0 aliphatic heterocycles. The molecule has 3 aromatic heterocycles. The van der Waals surface area contributed by atoms with E-state index in [0.29, 0.717) is 0 Å². The van der Waals surface area contributed by atoms with Gasteiger partial charge in [-0.05, 0) is 37.1 Å². The molecule has 5 heteroatoms. The van der Waals surface area contributed by atoms with E-state index in [2.05, 4.69) is 40.2 Å². The van der Waals surface area contributed by atoms with Crippen LogP contribution in [0.25, 0.3) is 10.2 Å². The van der Waals surface area contributed by atoms with Crippen molar-refractivity contribution >= 4 is 27.4 Å². The molecular weight excluding hydrogens is 280 g/mol. The fraction of sp³-hybridized carbons (Fsp3) is 0.312. The Bertz CT molecular complexity index is 737. The number of thiophene rings is 1. The van der Waals surface area contributed by atoms with Crippen LogP contribution in [0.3, 0.4) is 0 Å². The van der Waals surface area contributed by atoms with Gasteiger partial charge < -0.3 is 5.32 Å². The Morgan fingerprint density at radius 2 is 2.00 bits per heavy atom. The number of nitrogens with zero attached hydrogens (tertiary/aromatic N) is 3. The third-order valence-electron chi connectivity index (χ3n) is 3.33. The first-order chi connectivity index (χ1) is 10.3. The molecule has 1 N–H and O–H groups in total. The van der Waals surface area contributed by atoms with Crippen molar-refractivity contribution in [2.24, 2.45) is 0 Å².